The largest absolute Gasteiger partial charge is 0.473 e. The van der Waals surface area contributed by atoms with Crippen LogP contribution in [0.2, 0.25) is 0 Å². The molecule has 0 fully saturated rings. The summed E-state index contributed by atoms with van der Waals surface area (Å²) in [6, 6.07) is 7.00. The lowest BCUT2D eigenvalue weighted by atomic mass is 10.3. The van der Waals surface area contributed by atoms with Crippen LogP contribution in [0.4, 0.5) is 0 Å². The zero-order chi connectivity index (χ0) is 9.52. The Morgan fingerprint density at radius 1 is 1.15 bits per heavy atom. The van der Waals surface area contributed by atoms with E-state index in [2.05, 4.69) is 4.42 Å². The van der Waals surface area contributed by atoms with Crippen molar-refractivity contribution in [3.8, 4) is 0 Å². The first-order chi connectivity index (χ1) is 6.30. The van der Waals surface area contributed by atoms with Crippen molar-refractivity contribution < 1.29 is 13.6 Å². The Morgan fingerprint density at radius 3 is 2.08 bits per heavy atom. The molecule has 0 N–H and O–H groups in total. The van der Waals surface area contributed by atoms with Crippen LogP contribution in [0.1, 0.15) is 17.5 Å². The zero-order valence-corrected chi connectivity index (χ0v) is 7.27. The van der Waals surface area contributed by atoms with E-state index in [1.807, 2.05) is 12.1 Å². The summed E-state index contributed by atoms with van der Waals surface area (Å²) in [5.41, 5.74) is 0. The summed E-state index contributed by atoms with van der Waals surface area (Å²) in [7, 11) is 0. The lowest BCUT2D eigenvalue weighted by Gasteiger charge is -1.80. The molecule has 2 aromatic heterocycles. The Bertz CT molecular complexity index is 302. The van der Waals surface area contributed by atoms with Gasteiger partial charge in [0.05, 0.1) is 18.8 Å². The predicted octanol–water partition coefficient (Wildman–Crippen LogP) is 2.76. The first-order valence-corrected chi connectivity index (χ1v) is 3.82. The van der Waals surface area contributed by atoms with Crippen LogP contribution in [0, 0.1) is 0 Å². The topological polar surface area (TPSA) is 43.4 Å². The molecule has 0 aliphatic heterocycles. The van der Waals surface area contributed by atoms with Crippen molar-refractivity contribution in [3.63, 3.8) is 0 Å². The van der Waals surface area contributed by atoms with Gasteiger partial charge in [-0.3, -0.25) is 4.79 Å². The smallest absolute Gasteiger partial charge is 0.194 e. The van der Waals surface area contributed by atoms with Crippen molar-refractivity contribution in [1.29, 1.82) is 0 Å². The number of furan rings is 2. The van der Waals surface area contributed by atoms with E-state index in [1.165, 1.54) is 13.2 Å². The van der Waals surface area contributed by atoms with Crippen LogP contribution in [0.5, 0.6) is 0 Å². The molecule has 13 heavy (non-hydrogen) atoms. The highest BCUT2D eigenvalue weighted by atomic mass is 16.3. The minimum Gasteiger partial charge on any atom is -0.473 e. The molecule has 0 atom stereocenters. The second kappa shape index (κ2) is 4.98. The summed E-state index contributed by atoms with van der Waals surface area (Å²) in [5.74, 6) is 0.389. The molecule has 3 nitrogen and oxygen atoms in total. The van der Waals surface area contributed by atoms with Crippen molar-refractivity contribution in [1.82, 2.24) is 0 Å². The first kappa shape index (κ1) is 9.32. The van der Waals surface area contributed by atoms with E-state index in [-0.39, 0.29) is 5.78 Å². The molecule has 2 aromatic rings. The van der Waals surface area contributed by atoms with Crippen LogP contribution in [0.3, 0.4) is 0 Å². The molecule has 0 saturated carbocycles. The third-order valence-electron chi connectivity index (χ3n) is 1.29. The van der Waals surface area contributed by atoms with Gasteiger partial charge in [-0.25, -0.2) is 0 Å². The summed E-state index contributed by atoms with van der Waals surface area (Å²) in [5, 5.41) is 0. The number of hydrogen-bond acceptors (Lipinski definition) is 3. The van der Waals surface area contributed by atoms with Crippen molar-refractivity contribution in [2.45, 2.75) is 6.92 Å². The molecule has 0 radical (unpaired) electrons. The van der Waals surface area contributed by atoms with Crippen LogP contribution in [0.15, 0.2) is 51.9 Å². The number of ketones is 1. The van der Waals surface area contributed by atoms with Gasteiger partial charge in [0.25, 0.3) is 0 Å². The number of rotatable bonds is 1. The maximum atomic E-state index is 10.4. The molecule has 2 rings (SSSR count). The number of carbonyl (C=O) groups is 1. The highest BCUT2D eigenvalue weighted by molar-refractivity contribution is 5.91. The van der Waals surface area contributed by atoms with E-state index in [4.69, 9.17) is 4.42 Å². The number of hydrogen-bond donors (Lipinski definition) is 0. The summed E-state index contributed by atoms with van der Waals surface area (Å²) in [4.78, 5) is 10.4. The fourth-order valence-electron chi connectivity index (χ4n) is 0.706. The molecule has 68 valence electrons. The molecule has 0 aromatic carbocycles. The van der Waals surface area contributed by atoms with Gasteiger partial charge in [-0.15, -0.1) is 0 Å². The average Bonchev–Trinajstić information content (AvgIpc) is 2.82. The van der Waals surface area contributed by atoms with Gasteiger partial charge in [0, 0.05) is 6.92 Å². The van der Waals surface area contributed by atoms with Crippen molar-refractivity contribution in [3.05, 3.63) is 48.8 Å². The summed E-state index contributed by atoms with van der Waals surface area (Å²) < 4.78 is 9.33. The third kappa shape index (κ3) is 3.42. The quantitative estimate of drug-likeness (QED) is 0.630. The highest BCUT2D eigenvalue weighted by Gasteiger charge is 1.97. The Morgan fingerprint density at radius 2 is 1.85 bits per heavy atom. The van der Waals surface area contributed by atoms with Crippen LogP contribution in [-0.4, -0.2) is 5.78 Å². The Labute approximate surface area is 76.0 Å². The van der Waals surface area contributed by atoms with E-state index >= 15 is 0 Å². The van der Waals surface area contributed by atoms with Gasteiger partial charge in [-0.2, -0.15) is 0 Å². The lowest BCUT2D eigenvalue weighted by molar-refractivity contribution is 0.0987. The first-order valence-electron chi connectivity index (χ1n) is 3.82. The van der Waals surface area contributed by atoms with Crippen LogP contribution in [-0.2, 0) is 0 Å². The Hall–Kier alpha value is -1.77. The van der Waals surface area contributed by atoms with E-state index in [1.54, 1.807) is 24.7 Å². The SMILES string of the molecule is CC(=O)c1ccco1.c1ccoc1. The minimum absolute atomic E-state index is 0.0324. The molecule has 0 saturated heterocycles. The van der Waals surface area contributed by atoms with Gasteiger partial charge < -0.3 is 8.83 Å². The molecule has 2 heterocycles. The molecule has 0 bridgehead atoms. The Kier molecular flexibility index (Phi) is 3.57. The molecule has 0 amide bonds. The standard InChI is InChI=1S/C6H6O2.C4H4O/c1-5(7)6-3-2-4-8-6;1-2-4-5-3-1/h2-4H,1H3;1-4H. The van der Waals surface area contributed by atoms with E-state index in [0.717, 1.165) is 0 Å². The van der Waals surface area contributed by atoms with Crippen molar-refractivity contribution in [2.75, 3.05) is 0 Å². The summed E-state index contributed by atoms with van der Waals surface area (Å²) >= 11 is 0. The zero-order valence-electron chi connectivity index (χ0n) is 7.27. The predicted molar refractivity (Wildman–Crippen MR) is 47.4 cm³/mol. The maximum Gasteiger partial charge on any atom is 0.194 e. The van der Waals surface area contributed by atoms with Gasteiger partial charge in [-0.1, -0.05) is 0 Å². The molecule has 3 heteroatoms. The second-order valence-corrected chi connectivity index (χ2v) is 2.33. The van der Waals surface area contributed by atoms with Gasteiger partial charge in [-0.05, 0) is 24.3 Å². The summed E-state index contributed by atoms with van der Waals surface area (Å²) in [6.07, 6.45) is 4.73. The van der Waals surface area contributed by atoms with Gasteiger partial charge in [0.1, 0.15) is 0 Å². The molecular formula is C10H10O3. The van der Waals surface area contributed by atoms with E-state index in [9.17, 15) is 4.79 Å². The number of Topliss-reactive ketones (excluding diaryl/α,β-unsaturated/α-hetero) is 1. The monoisotopic (exact) mass is 178 g/mol. The van der Waals surface area contributed by atoms with Gasteiger partial charge >= 0.3 is 0 Å². The van der Waals surface area contributed by atoms with E-state index in [0.29, 0.717) is 5.76 Å². The molecular weight excluding hydrogens is 168 g/mol. The van der Waals surface area contributed by atoms with Crippen molar-refractivity contribution in [2.24, 2.45) is 0 Å². The second-order valence-electron chi connectivity index (χ2n) is 2.33. The highest BCUT2D eigenvalue weighted by Crippen LogP contribution is 1.98. The lowest BCUT2D eigenvalue weighted by Crippen LogP contribution is -1.85. The van der Waals surface area contributed by atoms with Crippen LogP contribution in [0.25, 0.3) is 0 Å². The van der Waals surface area contributed by atoms with Crippen LogP contribution >= 0.6 is 0 Å². The van der Waals surface area contributed by atoms with Gasteiger partial charge in [0.2, 0.25) is 0 Å². The van der Waals surface area contributed by atoms with Crippen LogP contribution < -0.4 is 0 Å². The van der Waals surface area contributed by atoms with Gasteiger partial charge in [0.15, 0.2) is 11.5 Å². The average molecular weight is 178 g/mol. The fourth-order valence-corrected chi connectivity index (χ4v) is 0.706. The van der Waals surface area contributed by atoms with E-state index < -0.39 is 0 Å². The molecule has 0 spiro atoms. The normalized spacial score (nSPS) is 8.69. The minimum atomic E-state index is -0.0324. The fraction of sp³-hybridized carbons (Fsp3) is 0.100. The summed E-state index contributed by atoms with van der Waals surface area (Å²) in [6.45, 7) is 1.47. The molecule has 0 unspecified atom stereocenters. The number of carbonyl (C=O) groups excluding carboxylic acids is 1. The van der Waals surface area contributed by atoms with Crippen molar-refractivity contribution >= 4 is 5.78 Å². The molecule has 0 aliphatic carbocycles. The maximum absolute atomic E-state index is 10.4. The Balaban J connectivity index is 0.000000145. The third-order valence-corrected chi connectivity index (χ3v) is 1.29. The molecule has 0 aliphatic rings.